The lowest BCUT2D eigenvalue weighted by molar-refractivity contribution is -0.150. The van der Waals surface area contributed by atoms with E-state index in [4.69, 9.17) is 15.6 Å². The molecule has 0 bridgehead atoms. The van der Waals surface area contributed by atoms with Gasteiger partial charge in [0.25, 0.3) is 0 Å². The summed E-state index contributed by atoms with van der Waals surface area (Å²) in [5.74, 6) is -2.16. The minimum Gasteiger partial charge on any atom is -0.480 e. The average molecular weight is 277 g/mol. The maximum absolute atomic E-state index is 11.9. The number of carboxylic acid groups (broad SMARTS) is 1. The van der Waals surface area contributed by atoms with Crippen LogP contribution in [0.1, 0.15) is 18.4 Å². The van der Waals surface area contributed by atoms with Gasteiger partial charge >= 0.3 is 11.9 Å². The number of carbonyl (C=O) groups excluding carboxylic acids is 1. The molecule has 0 spiro atoms. The molecule has 5 heteroatoms. The number of hydrogen-bond acceptors (Lipinski definition) is 4. The van der Waals surface area contributed by atoms with E-state index >= 15 is 0 Å². The van der Waals surface area contributed by atoms with Crippen molar-refractivity contribution in [2.75, 3.05) is 0 Å². The third-order valence-corrected chi connectivity index (χ3v) is 2.86. The number of nitrogens with two attached hydrogens (primary N) is 1. The molecule has 1 unspecified atom stereocenters. The van der Waals surface area contributed by atoms with Gasteiger partial charge in [-0.25, -0.2) is 0 Å². The van der Waals surface area contributed by atoms with Crippen LogP contribution in [-0.4, -0.2) is 23.1 Å². The van der Waals surface area contributed by atoms with Crippen LogP contribution in [0.2, 0.25) is 0 Å². The van der Waals surface area contributed by atoms with Gasteiger partial charge in [-0.05, 0) is 18.4 Å². The Morgan fingerprint density at radius 3 is 2.55 bits per heavy atom. The van der Waals surface area contributed by atoms with E-state index in [1.807, 2.05) is 30.3 Å². The van der Waals surface area contributed by atoms with Crippen molar-refractivity contribution in [2.24, 2.45) is 11.7 Å². The van der Waals surface area contributed by atoms with E-state index in [0.717, 1.165) is 5.56 Å². The number of allylic oxidation sites excluding steroid dienone is 1. The summed E-state index contributed by atoms with van der Waals surface area (Å²) in [6.07, 6.45) is 1.94. The summed E-state index contributed by atoms with van der Waals surface area (Å²) in [5.41, 5.74) is 6.33. The van der Waals surface area contributed by atoms with E-state index in [1.165, 1.54) is 0 Å². The van der Waals surface area contributed by atoms with Gasteiger partial charge in [-0.15, -0.1) is 6.58 Å². The van der Waals surface area contributed by atoms with Gasteiger partial charge in [0, 0.05) is 0 Å². The summed E-state index contributed by atoms with van der Waals surface area (Å²) in [4.78, 5) is 22.7. The molecule has 3 N–H and O–H groups in total. The van der Waals surface area contributed by atoms with E-state index < -0.39 is 23.9 Å². The second-order valence-electron chi connectivity index (χ2n) is 4.50. The lowest BCUT2D eigenvalue weighted by Gasteiger charge is -2.16. The van der Waals surface area contributed by atoms with Crippen LogP contribution in [0.15, 0.2) is 43.0 Å². The van der Waals surface area contributed by atoms with E-state index in [-0.39, 0.29) is 13.0 Å². The molecule has 0 fully saturated rings. The summed E-state index contributed by atoms with van der Waals surface area (Å²) >= 11 is 0. The van der Waals surface area contributed by atoms with Crippen molar-refractivity contribution in [3.05, 3.63) is 48.6 Å². The van der Waals surface area contributed by atoms with Crippen LogP contribution in [0.3, 0.4) is 0 Å². The molecule has 1 aromatic rings. The maximum atomic E-state index is 11.9. The number of hydrogen-bond donors (Lipinski definition) is 2. The first kappa shape index (κ1) is 15.9. The topological polar surface area (TPSA) is 89.6 Å². The molecular weight excluding hydrogens is 258 g/mol. The highest BCUT2D eigenvalue weighted by Crippen LogP contribution is 2.15. The normalized spacial score (nSPS) is 13.2. The Labute approximate surface area is 118 Å². The van der Waals surface area contributed by atoms with E-state index in [9.17, 15) is 9.59 Å². The Bertz CT molecular complexity index is 458. The monoisotopic (exact) mass is 277 g/mol. The standard InChI is InChI=1S/C15H19NO4/c1-2-6-12(9-13(16)14(17)18)15(19)20-10-11-7-4-3-5-8-11/h2-5,7-8,12-13H,1,6,9-10,16H2,(H,17,18)/t12?,13-/m1/s1. The van der Waals surface area contributed by atoms with Gasteiger partial charge in [-0.1, -0.05) is 36.4 Å². The predicted molar refractivity (Wildman–Crippen MR) is 74.8 cm³/mol. The highest BCUT2D eigenvalue weighted by atomic mass is 16.5. The van der Waals surface area contributed by atoms with E-state index in [1.54, 1.807) is 6.08 Å². The molecule has 0 aromatic heterocycles. The Morgan fingerprint density at radius 2 is 2.00 bits per heavy atom. The second-order valence-corrected chi connectivity index (χ2v) is 4.50. The van der Waals surface area contributed by atoms with Crippen molar-refractivity contribution in [3.8, 4) is 0 Å². The molecule has 0 aliphatic rings. The number of benzene rings is 1. The minimum absolute atomic E-state index is 0.0367. The van der Waals surface area contributed by atoms with Crippen molar-refractivity contribution < 1.29 is 19.4 Å². The van der Waals surface area contributed by atoms with Crippen LogP contribution in [0, 0.1) is 5.92 Å². The van der Waals surface area contributed by atoms with Crippen LogP contribution in [-0.2, 0) is 20.9 Å². The molecule has 5 nitrogen and oxygen atoms in total. The molecule has 1 aromatic carbocycles. The van der Waals surface area contributed by atoms with Crippen molar-refractivity contribution in [2.45, 2.75) is 25.5 Å². The predicted octanol–water partition coefficient (Wildman–Crippen LogP) is 1.72. The molecule has 20 heavy (non-hydrogen) atoms. The third-order valence-electron chi connectivity index (χ3n) is 2.86. The summed E-state index contributed by atoms with van der Waals surface area (Å²) < 4.78 is 5.19. The maximum Gasteiger partial charge on any atom is 0.320 e. The fraction of sp³-hybridized carbons (Fsp3) is 0.333. The zero-order valence-electron chi connectivity index (χ0n) is 11.2. The molecule has 1 rings (SSSR count). The van der Waals surface area contributed by atoms with Crippen LogP contribution in [0.4, 0.5) is 0 Å². The molecule has 0 heterocycles. The molecule has 2 atom stereocenters. The summed E-state index contributed by atoms with van der Waals surface area (Å²) in [5, 5.41) is 8.79. The zero-order chi connectivity index (χ0) is 15.0. The Hall–Kier alpha value is -2.14. The van der Waals surface area contributed by atoms with Gasteiger partial charge in [0.2, 0.25) is 0 Å². The fourth-order valence-electron chi connectivity index (χ4n) is 1.74. The van der Waals surface area contributed by atoms with Gasteiger partial charge in [-0.2, -0.15) is 0 Å². The number of esters is 1. The van der Waals surface area contributed by atoms with Gasteiger partial charge in [0.1, 0.15) is 12.6 Å². The number of aliphatic carboxylic acids is 1. The Kier molecular flexibility index (Phi) is 6.46. The summed E-state index contributed by atoms with van der Waals surface area (Å²) in [6, 6.07) is 8.19. The van der Waals surface area contributed by atoms with Crippen LogP contribution in [0.5, 0.6) is 0 Å². The molecule has 108 valence electrons. The van der Waals surface area contributed by atoms with Crippen molar-refractivity contribution in [3.63, 3.8) is 0 Å². The van der Waals surface area contributed by atoms with Crippen molar-refractivity contribution in [1.29, 1.82) is 0 Å². The van der Waals surface area contributed by atoms with E-state index in [2.05, 4.69) is 6.58 Å². The fourth-order valence-corrected chi connectivity index (χ4v) is 1.74. The molecule has 0 saturated heterocycles. The Balaban J connectivity index is 2.55. The molecule has 0 saturated carbocycles. The lowest BCUT2D eigenvalue weighted by atomic mass is 9.97. The number of carboxylic acids is 1. The average Bonchev–Trinajstić information content (AvgIpc) is 2.45. The smallest absolute Gasteiger partial charge is 0.320 e. The minimum atomic E-state index is -1.13. The first-order chi connectivity index (χ1) is 9.54. The largest absolute Gasteiger partial charge is 0.480 e. The molecule has 0 amide bonds. The van der Waals surface area contributed by atoms with Crippen molar-refractivity contribution >= 4 is 11.9 Å². The second kappa shape index (κ2) is 8.12. The van der Waals surface area contributed by atoms with Crippen LogP contribution >= 0.6 is 0 Å². The number of carbonyl (C=O) groups is 2. The highest BCUT2D eigenvalue weighted by molar-refractivity contribution is 5.76. The molecule has 0 aliphatic carbocycles. The first-order valence-corrected chi connectivity index (χ1v) is 6.34. The third kappa shape index (κ3) is 5.24. The van der Waals surface area contributed by atoms with Gasteiger partial charge in [0.05, 0.1) is 5.92 Å². The summed E-state index contributed by atoms with van der Waals surface area (Å²) in [6.45, 7) is 3.72. The van der Waals surface area contributed by atoms with Crippen molar-refractivity contribution in [1.82, 2.24) is 0 Å². The highest BCUT2D eigenvalue weighted by Gasteiger charge is 2.24. The lowest BCUT2D eigenvalue weighted by Crippen LogP contribution is -2.34. The van der Waals surface area contributed by atoms with E-state index in [0.29, 0.717) is 6.42 Å². The van der Waals surface area contributed by atoms with Gasteiger partial charge < -0.3 is 15.6 Å². The molecule has 0 radical (unpaired) electrons. The van der Waals surface area contributed by atoms with Gasteiger partial charge in [-0.3, -0.25) is 9.59 Å². The zero-order valence-corrected chi connectivity index (χ0v) is 11.2. The Morgan fingerprint density at radius 1 is 1.35 bits per heavy atom. The molecule has 0 aliphatic heterocycles. The first-order valence-electron chi connectivity index (χ1n) is 6.34. The molecular formula is C15H19NO4. The SMILES string of the molecule is C=CCC(C[C@@H](N)C(=O)O)C(=O)OCc1ccccc1. The van der Waals surface area contributed by atoms with Crippen LogP contribution in [0.25, 0.3) is 0 Å². The number of rotatable bonds is 8. The number of ether oxygens (including phenoxy) is 1. The van der Waals surface area contributed by atoms with Gasteiger partial charge in [0.15, 0.2) is 0 Å². The quantitative estimate of drug-likeness (QED) is 0.558. The van der Waals surface area contributed by atoms with Crippen LogP contribution < -0.4 is 5.73 Å². The summed E-state index contributed by atoms with van der Waals surface area (Å²) in [7, 11) is 0.